The van der Waals surface area contributed by atoms with E-state index >= 15 is 0 Å². The SMILES string of the molecule is COc1cccc(CCNC(=O)c2ccnc(Nc3ccc(C#N)cc3)n2)c1. The Bertz CT molecular complexity index is 996. The van der Waals surface area contributed by atoms with E-state index < -0.39 is 0 Å². The van der Waals surface area contributed by atoms with Crippen LogP contribution in [0.4, 0.5) is 11.6 Å². The zero-order valence-electron chi connectivity index (χ0n) is 15.3. The average Bonchev–Trinajstić information content (AvgIpc) is 2.74. The molecule has 0 saturated heterocycles. The van der Waals surface area contributed by atoms with Gasteiger partial charge >= 0.3 is 0 Å². The number of carbonyl (C=O) groups is 1. The van der Waals surface area contributed by atoms with E-state index in [-0.39, 0.29) is 11.6 Å². The minimum atomic E-state index is -0.270. The number of methoxy groups -OCH3 is 1. The minimum Gasteiger partial charge on any atom is -0.497 e. The standard InChI is InChI=1S/C21H19N5O2/c1-28-18-4-2-3-15(13-18)9-11-23-20(27)19-10-12-24-21(26-19)25-17-7-5-16(14-22)6-8-17/h2-8,10,12-13H,9,11H2,1H3,(H,23,27)(H,24,25,26). The third-order valence-electron chi connectivity index (χ3n) is 3.99. The van der Waals surface area contributed by atoms with Gasteiger partial charge in [-0.15, -0.1) is 0 Å². The first kappa shape index (κ1) is 18.9. The summed E-state index contributed by atoms with van der Waals surface area (Å²) in [6.07, 6.45) is 2.21. The second-order valence-electron chi connectivity index (χ2n) is 5.94. The lowest BCUT2D eigenvalue weighted by Gasteiger charge is -2.08. The number of nitriles is 1. The van der Waals surface area contributed by atoms with Crippen LogP contribution in [0.2, 0.25) is 0 Å². The van der Waals surface area contributed by atoms with Crippen LogP contribution >= 0.6 is 0 Å². The Labute approximate surface area is 163 Å². The summed E-state index contributed by atoms with van der Waals surface area (Å²) >= 11 is 0. The summed E-state index contributed by atoms with van der Waals surface area (Å²) in [5.41, 5.74) is 2.65. The number of nitrogens with zero attached hydrogens (tertiary/aromatic N) is 3. The molecule has 28 heavy (non-hydrogen) atoms. The molecule has 1 aromatic heterocycles. The van der Waals surface area contributed by atoms with Crippen LogP contribution in [0, 0.1) is 11.3 Å². The highest BCUT2D eigenvalue weighted by molar-refractivity contribution is 5.92. The van der Waals surface area contributed by atoms with Crippen molar-refractivity contribution in [2.75, 3.05) is 19.0 Å². The second kappa shape index (κ2) is 9.14. The van der Waals surface area contributed by atoms with Crippen molar-refractivity contribution < 1.29 is 9.53 Å². The summed E-state index contributed by atoms with van der Waals surface area (Å²) in [5, 5.41) is 14.7. The quantitative estimate of drug-likeness (QED) is 0.660. The van der Waals surface area contributed by atoms with E-state index in [1.807, 2.05) is 24.3 Å². The lowest BCUT2D eigenvalue weighted by molar-refractivity contribution is 0.0949. The summed E-state index contributed by atoms with van der Waals surface area (Å²) in [6, 6.07) is 18.2. The van der Waals surface area contributed by atoms with Crippen LogP contribution in [0.3, 0.4) is 0 Å². The van der Waals surface area contributed by atoms with E-state index in [9.17, 15) is 4.79 Å². The van der Waals surface area contributed by atoms with E-state index in [1.165, 1.54) is 6.20 Å². The first-order valence-corrected chi connectivity index (χ1v) is 8.69. The topological polar surface area (TPSA) is 99.9 Å². The number of hydrogen-bond acceptors (Lipinski definition) is 6. The average molecular weight is 373 g/mol. The molecule has 0 fully saturated rings. The Morgan fingerprint density at radius 2 is 2.00 bits per heavy atom. The zero-order valence-corrected chi connectivity index (χ0v) is 15.3. The molecule has 3 aromatic rings. The zero-order chi connectivity index (χ0) is 19.8. The number of hydrogen-bond donors (Lipinski definition) is 2. The fourth-order valence-corrected chi connectivity index (χ4v) is 2.54. The van der Waals surface area contributed by atoms with Gasteiger partial charge in [-0.2, -0.15) is 5.26 Å². The van der Waals surface area contributed by atoms with E-state index in [1.54, 1.807) is 37.4 Å². The van der Waals surface area contributed by atoms with Crippen molar-refractivity contribution in [3.05, 3.63) is 77.6 Å². The number of aromatic nitrogens is 2. The van der Waals surface area contributed by atoms with Crippen LogP contribution < -0.4 is 15.4 Å². The highest BCUT2D eigenvalue weighted by Gasteiger charge is 2.09. The molecule has 0 aliphatic carbocycles. The molecule has 2 aromatic carbocycles. The van der Waals surface area contributed by atoms with Gasteiger partial charge in [0.05, 0.1) is 18.7 Å². The fraction of sp³-hybridized carbons (Fsp3) is 0.143. The molecule has 0 aliphatic rings. The summed E-state index contributed by atoms with van der Waals surface area (Å²) in [6.45, 7) is 0.481. The number of carbonyl (C=O) groups excluding carboxylic acids is 1. The van der Waals surface area contributed by atoms with Gasteiger partial charge in [0.25, 0.3) is 5.91 Å². The highest BCUT2D eigenvalue weighted by Crippen LogP contribution is 2.14. The lowest BCUT2D eigenvalue weighted by Crippen LogP contribution is -2.26. The van der Waals surface area contributed by atoms with Gasteiger partial charge in [0.1, 0.15) is 11.4 Å². The summed E-state index contributed by atoms with van der Waals surface area (Å²) in [4.78, 5) is 20.7. The Kier molecular flexibility index (Phi) is 6.16. The second-order valence-corrected chi connectivity index (χ2v) is 5.94. The maximum absolute atomic E-state index is 12.4. The molecule has 0 bridgehead atoms. The van der Waals surface area contributed by atoms with Crippen molar-refractivity contribution in [2.24, 2.45) is 0 Å². The molecule has 7 heteroatoms. The molecule has 0 unspecified atom stereocenters. The lowest BCUT2D eigenvalue weighted by atomic mass is 10.1. The molecule has 0 spiro atoms. The first-order valence-electron chi connectivity index (χ1n) is 8.69. The highest BCUT2D eigenvalue weighted by atomic mass is 16.5. The van der Waals surface area contributed by atoms with Gasteiger partial charge in [-0.25, -0.2) is 9.97 Å². The summed E-state index contributed by atoms with van der Waals surface area (Å²) in [5.74, 6) is 0.830. The van der Waals surface area contributed by atoms with Gasteiger partial charge in [-0.3, -0.25) is 4.79 Å². The Balaban J connectivity index is 1.57. The number of rotatable bonds is 7. The minimum absolute atomic E-state index is 0.270. The van der Waals surface area contributed by atoms with Crippen molar-refractivity contribution in [1.29, 1.82) is 5.26 Å². The fourth-order valence-electron chi connectivity index (χ4n) is 2.54. The van der Waals surface area contributed by atoms with Crippen molar-refractivity contribution in [2.45, 2.75) is 6.42 Å². The predicted molar refractivity (Wildman–Crippen MR) is 106 cm³/mol. The number of nitrogens with one attached hydrogen (secondary N) is 2. The van der Waals surface area contributed by atoms with Crippen LogP contribution in [0.1, 0.15) is 21.6 Å². The number of benzene rings is 2. The molecule has 140 valence electrons. The van der Waals surface area contributed by atoms with Crippen molar-refractivity contribution >= 4 is 17.5 Å². The van der Waals surface area contributed by atoms with Gasteiger partial charge in [0.2, 0.25) is 5.95 Å². The third-order valence-corrected chi connectivity index (χ3v) is 3.99. The summed E-state index contributed by atoms with van der Waals surface area (Å²) in [7, 11) is 1.62. The number of anilines is 2. The van der Waals surface area contributed by atoms with Crippen LogP contribution in [0.15, 0.2) is 60.8 Å². The van der Waals surface area contributed by atoms with Gasteiger partial charge < -0.3 is 15.4 Å². The monoisotopic (exact) mass is 373 g/mol. The maximum atomic E-state index is 12.4. The predicted octanol–water partition coefficient (Wildman–Crippen LogP) is 3.07. The maximum Gasteiger partial charge on any atom is 0.270 e. The van der Waals surface area contributed by atoms with Crippen LogP contribution in [0.5, 0.6) is 5.75 Å². The van der Waals surface area contributed by atoms with Crippen molar-refractivity contribution in [1.82, 2.24) is 15.3 Å². The van der Waals surface area contributed by atoms with Crippen molar-refractivity contribution in [3.8, 4) is 11.8 Å². The molecule has 7 nitrogen and oxygen atoms in total. The molecular weight excluding hydrogens is 354 g/mol. The Morgan fingerprint density at radius 3 is 2.75 bits per heavy atom. The molecular formula is C21H19N5O2. The van der Waals surface area contributed by atoms with Gasteiger partial charge in [0.15, 0.2) is 0 Å². The van der Waals surface area contributed by atoms with Crippen molar-refractivity contribution in [3.63, 3.8) is 0 Å². The molecule has 1 heterocycles. The molecule has 2 N–H and O–H groups in total. The van der Waals surface area contributed by atoms with Crippen LogP contribution in [0.25, 0.3) is 0 Å². The molecule has 3 rings (SSSR count). The van der Waals surface area contributed by atoms with Gasteiger partial charge in [-0.1, -0.05) is 12.1 Å². The normalized spacial score (nSPS) is 10.0. The molecule has 0 radical (unpaired) electrons. The molecule has 0 aliphatic heterocycles. The van der Waals surface area contributed by atoms with E-state index in [2.05, 4.69) is 26.7 Å². The largest absolute Gasteiger partial charge is 0.497 e. The first-order chi connectivity index (χ1) is 13.7. The Morgan fingerprint density at radius 1 is 1.18 bits per heavy atom. The van der Waals surface area contributed by atoms with Crippen LogP contribution in [-0.4, -0.2) is 29.5 Å². The third kappa shape index (κ3) is 5.05. The van der Waals surface area contributed by atoms with E-state index in [4.69, 9.17) is 10.00 Å². The molecule has 1 amide bonds. The van der Waals surface area contributed by atoms with Gasteiger partial charge in [-0.05, 0) is 54.4 Å². The van der Waals surface area contributed by atoms with E-state index in [0.29, 0.717) is 24.5 Å². The smallest absolute Gasteiger partial charge is 0.270 e. The number of ether oxygens (including phenoxy) is 1. The van der Waals surface area contributed by atoms with E-state index in [0.717, 1.165) is 17.0 Å². The van der Waals surface area contributed by atoms with Gasteiger partial charge in [0, 0.05) is 18.4 Å². The summed E-state index contributed by atoms with van der Waals surface area (Å²) < 4.78 is 5.20. The molecule has 0 saturated carbocycles. The van der Waals surface area contributed by atoms with Crippen LogP contribution in [-0.2, 0) is 6.42 Å². The number of amides is 1. The molecule has 0 atom stereocenters. The Hall–Kier alpha value is -3.92.